The van der Waals surface area contributed by atoms with Crippen molar-refractivity contribution in [2.24, 2.45) is 7.05 Å². The Balaban J connectivity index is 1.98. The molecule has 0 bridgehead atoms. The fourth-order valence-corrected chi connectivity index (χ4v) is 4.91. The van der Waals surface area contributed by atoms with Crippen LogP contribution in [0.15, 0.2) is 65.8 Å². The van der Waals surface area contributed by atoms with Gasteiger partial charge in [0.1, 0.15) is 22.6 Å². The lowest BCUT2D eigenvalue weighted by molar-refractivity contribution is 0.0941. The van der Waals surface area contributed by atoms with E-state index in [4.69, 9.17) is 0 Å². The molecule has 0 saturated heterocycles. The molecule has 1 heterocycles. The van der Waals surface area contributed by atoms with Crippen molar-refractivity contribution in [3.63, 3.8) is 0 Å². The zero-order chi connectivity index (χ0) is 22.6. The predicted octanol–water partition coefficient (Wildman–Crippen LogP) is 3.11. The summed E-state index contributed by atoms with van der Waals surface area (Å²) in [4.78, 5) is 16.9. The van der Waals surface area contributed by atoms with Gasteiger partial charge in [0, 0.05) is 38.1 Å². The van der Waals surface area contributed by atoms with Gasteiger partial charge in [0.05, 0.1) is 0 Å². The first-order valence-electron chi connectivity index (χ1n) is 9.92. The van der Waals surface area contributed by atoms with Gasteiger partial charge in [-0.25, -0.2) is 17.8 Å². The Labute approximate surface area is 181 Å². The average molecular weight is 445 g/mol. The van der Waals surface area contributed by atoms with Crippen LogP contribution in [0, 0.1) is 5.82 Å². The molecule has 3 aromatic rings. The minimum Gasteiger partial charge on any atom is -0.338 e. The van der Waals surface area contributed by atoms with Crippen LogP contribution >= 0.6 is 0 Å². The summed E-state index contributed by atoms with van der Waals surface area (Å²) >= 11 is 0. The Bertz CT molecular complexity index is 1160. The van der Waals surface area contributed by atoms with Gasteiger partial charge in [-0.05, 0) is 23.8 Å². The van der Waals surface area contributed by atoms with Crippen molar-refractivity contribution < 1.29 is 17.6 Å². The molecule has 0 spiro atoms. The largest absolute Gasteiger partial charge is 0.338 e. The van der Waals surface area contributed by atoms with Gasteiger partial charge in [-0.15, -0.1) is 0 Å². The van der Waals surface area contributed by atoms with Crippen molar-refractivity contribution in [1.29, 1.82) is 0 Å². The van der Waals surface area contributed by atoms with Gasteiger partial charge in [-0.3, -0.25) is 4.79 Å². The molecule has 0 aliphatic rings. The Morgan fingerprint density at radius 3 is 2.42 bits per heavy atom. The molecule has 0 radical (unpaired) electrons. The first kappa shape index (κ1) is 22.6. The number of hydrogen-bond donors (Lipinski definition) is 1. The van der Waals surface area contributed by atoms with Crippen LogP contribution in [0.5, 0.6) is 0 Å². The van der Waals surface area contributed by atoms with Crippen molar-refractivity contribution >= 4 is 15.9 Å². The average Bonchev–Trinajstić information content (AvgIpc) is 3.18. The zero-order valence-corrected chi connectivity index (χ0v) is 18.4. The van der Waals surface area contributed by atoms with E-state index in [0.717, 1.165) is 22.0 Å². The monoisotopic (exact) mass is 444 g/mol. The van der Waals surface area contributed by atoms with E-state index in [0.29, 0.717) is 5.82 Å². The number of amides is 1. The number of sulfonamides is 1. The maximum atomic E-state index is 14.4. The number of hydrogen-bond acceptors (Lipinski definition) is 4. The lowest BCUT2D eigenvalue weighted by Crippen LogP contribution is -2.33. The molecule has 3 rings (SSSR count). The van der Waals surface area contributed by atoms with E-state index in [9.17, 15) is 17.6 Å². The number of aromatic nitrogens is 2. The van der Waals surface area contributed by atoms with E-state index in [-0.39, 0.29) is 18.7 Å². The second kappa shape index (κ2) is 9.40. The summed E-state index contributed by atoms with van der Waals surface area (Å²) in [6.45, 7) is 3.74. The van der Waals surface area contributed by atoms with E-state index in [1.165, 1.54) is 6.07 Å². The Morgan fingerprint density at radius 1 is 1.16 bits per heavy atom. The molecule has 164 valence electrons. The van der Waals surface area contributed by atoms with Gasteiger partial charge < -0.3 is 9.88 Å². The number of carbonyl (C=O) groups is 1. The number of imidazole rings is 1. The highest BCUT2D eigenvalue weighted by atomic mass is 32.2. The van der Waals surface area contributed by atoms with E-state index in [2.05, 4.69) is 10.3 Å². The molecule has 7 nitrogen and oxygen atoms in total. The van der Waals surface area contributed by atoms with E-state index in [1.807, 2.05) is 37.4 Å². The number of halogens is 1. The first-order valence-corrected chi connectivity index (χ1v) is 11.4. The molecule has 0 fully saturated rings. The number of nitrogens with zero attached hydrogens (tertiary/aromatic N) is 3. The number of rotatable bonds is 8. The summed E-state index contributed by atoms with van der Waals surface area (Å²) in [7, 11) is -2.24. The lowest BCUT2D eigenvalue weighted by atomic mass is 10.1. The van der Waals surface area contributed by atoms with Crippen LogP contribution in [-0.2, 0) is 17.1 Å². The van der Waals surface area contributed by atoms with Gasteiger partial charge in [0.25, 0.3) is 5.91 Å². The van der Waals surface area contributed by atoms with Gasteiger partial charge in [0.15, 0.2) is 0 Å². The molecule has 1 N–H and O–H groups in total. The smallest absolute Gasteiger partial charge is 0.252 e. The summed E-state index contributed by atoms with van der Waals surface area (Å²) in [5, 5.41) is 2.90. The summed E-state index contributed by atoms with van der Waals surface area (Å²) in [5.41, 5.74) is 0.852. The van der Waals surface area contributed by atoms with E-state index >= 15 is 0 Å². The van der Waals surface area contributed by atoms with Crippen LogP contribution in [0.4, 0.5) is 4.39 Å². The lowest BCUT2D eigenvalue weighted by Gasteiger charge is -2.21. The second-order valence-electron chi connectivity index (χ2n) is 6.95. The highest BCUT2D eigenvalue weighted by Gasteiger charge is 2.27. The normalized spacial score (nSPS) is 12.7. The third kappa shape index (κ3) is 4.67. The molecule has 0 aliphatic heterocycles. The van der Waals surface area contributed by atoms with Crippen molar-refractivity contribution in [3.8, 4) is 0 Å². The fraction of sp³-hybridized carbons (Fsp3) is 0.273. The summed E-state index contributed by atoms with van der Waals surface area (Å²) in [6, 6.07) is 12.1. The highest BCUT2D eigenvalue weighted by molar-refractivity contribution is 7.89. The van der Waals surface area contributed by atoms with Gasteiger partial charge in [-0.1, -0.05) is 44.2 Å². The van der Waals surface area contributed by atoms with Gasteiger partial charge >= 0.3 is 0 Å². The Morgan fingerprint density at radius 2 is 1.84 bits per heavy atom. The third-order valence-corrected chi connectivity index (χ3v) is 7.11. The molecule has 1 aromatic heterocycles. The SMILES string of the molecule is CCN(CC)S(=O)(=O)c1cc(C(=O)NC(c2ccccc2)c2nccn2C)ccc1F. The molecule has 1 amide bonds. The molecule has 9 heteroatoms. The minimum atomic E-state index is -4.06. The quantitative estimate of drug-likeness (QED) is 0.579. The summed E-state index contributed by atoms with van der Waals surface area (Å²) < 4.78 is 43.0. The fourth-order valence-electron chi connectivity index (χ4n) is 3.36. The molecule has 2 aromatic carbocycles. The van der Waals surface area contributed by atoms with Crippen molar-refractivity contribution in [2.75, 3.05) is 13.1 Å². The number of aryl methyl sites for hydroxylation is 1. The predicted molar refractivity (Wildman–Crippen MR) is 115 cm³/mol. The highest BCUT2D eigenvalue weighted by Crippen LogP contribution is 2.23. The van der Waals surface area contributed by atoms with Crippen molar-refractivity contribution in [1.82, 2.24) is 19.2 Å². The maximum Gasteiger partial charge on any atom is 0.252 e. The van der Waals surface area contributed by atoms with Gasteiger partial charge in [0.2, 0.25) is 10.0 Å². The molecular weight excluding hydrogens is 419 g/mol. The summed E-state index contributed by atoms with van der Waals surface area (Å²) in [6.07, 6.45) is 3.40. The standard InChI is InChI=1S/C22H25FN4O3S/c1-4-27(5-2)31(29,30)19-15-17(11-12-18(19)23)22(28)25-20(16-9-7-6-8-10-16)21-24-13-14-26(21)3/h6-15,20H,4-5H2,1-3H3,(H,25,28). The third-order valence-electron chi connectivity index (χ3n) is 5.04. The Hall–Kier alpha value is -3.04. The first-order chi connectivity index (χ1) is 14.8. The Kier molecular flexibility index (Phi) is 6.87. The van der Waals surface area contributed by atoms with E-state index < -0.39 is 32.7 Å². The summed E-state index contributed by atoms with van der Waals surface area (Å²) in [5.74, 6) is -0.822. The number of benzene rings is 2. The van der Waals surface area contributed by atoms with E-state index in [1.54, 1.807) is 30.8 Å². The zero-order valence-electron chi connectivity index (χ0n) is 17.6. The molecule has 0 aliphatic carbocycles. The number of nitrogens with one attached hydrogen (secondary N) is 1. The topological polar surface area (TPSA) is 84.3 Å². The molecular formula is C22H25FN4O3S. The van der Waals surface area contributed by atoms with Crippen LogP contribution in [0.1, 0.15) is 41.6 Å². The number of carbonyl (C=O) groups excluding carboxylic acids is 1. The van der Waals surface area contributed by atoms with Crippen LogP contribution in [0.25, 0.3) is 0 Å². The van der Waals surface area contributed by atoms with Crippen molar-refractivity contribution in [2.45, 2.75) is 24.8 Å². The van der Waals surface area contributed by atoms with Crippen LogP contribution in [0.2, 0.25) is 0 Å². The van der Waals surface area contributed by atoms with Crippen molar-refractivity contribution in [3.05, 3.63) is 83.7 Å². The molecule has 0 saturated carbocycles. The van der Waals surface area contributed by atoms with Crippen LogP contribution in [-0.4, -0.2) is 41.3 Å². The second-order valence-corrected chi connectivity index (χ2v) is 8.85. The minimum absolute atomic E-state index is 0.0438. The molecule has 1 atom stereocenters. The van der Waals surface area contributed by atoms with Crippen LogP contribution < -0.4 is 5.32 Å². The molecule has 31 heavy (non-hydrogen) atoms. The molecule has 1 unspecified atom stereocenters. The maximum absolute atomic E-state index is 14.4. The van der Waals surface area contributed by atoms with Crippen LogP contribution in [0.3, 0.4) is 0 Å². The van der Waals surface area contributed by atoms with Gasteiger partial charge in [-0.2, -0.15) is 4.31 Å².